The summed E-state index contributed by atoms with van der Waals surface area (Å²) in [5.74, 6) is 6.25. The van der Waals surface area contributed by atoms with E-state index >= 15 is 0 Å². The summed E-state index contributed by atoms with van der Waals surface area (Å²) in [6.45, 7) is 5.31. The van der Waals surface area contributed by atoms with Crippen LogP contribution in [0.1, 0.15) is 5.56 Å². The number of hydrogen-bond donors (Lipinski definition) is 3. The highest BCUT2D eigenvalue weighted by Gasteiger charge is 2.28. The first-order valence-corrected chi connectivity index (χ1v) is 10.6. The summed E-state index contributed by atoms with van der Waals surface area (Å²) in [5, 5.41) is 9.45. The van der Waals surface area contributed by atoms with Crippen molar-refractivity contribution in [1.29, 1.82) is 0 Å². The molecule has 1 aliphatic rings. The topological polar surface area (TPSA) is 117 Å². The fourth-order valence-electron chi connectivity index (χ4n) is 3.30. The summed E-state index contributed by atoms with van der Waals surface area (Å²) >= 11 is 0. The summed E-state index contributed by atoms with van der Waals surface area (Å²) < 4.78 is 47.3. The van der Waals surface area contributed by atoms with Crippen LogP contribution >= 0.6 is 0 Å². The van der Waals surface area contributed by atoms with Crippen LogP contribution in [0.5, 0.6) is 17.2 Å². The van der Waals surface area contributed by atoms with E-state index in [4.69, 9.17) is 15.3 Å². The zero-order valence-corrected chi connectivity index (χ0v) is 18.8. The van der Waals surface area contributed by atoms with Gasteiger partial charge in [0, 0.05) is 32.7 Å². The molecule has 3 rings (SSSR count). The molecule has 2 aromatic carbocycles. The Morgan fingerprint density at radius 2 is 1.74 bits per heavy atom. The Morgan fingerprint density at radius 3 is 2.40 bits per heavy atom. The molecule has 188 valence electrons. The van der Waals surface area contributed by atoms with Crippen molar-refractivity contribution >= 4 is 6.03 Å². The minimum atomic E-state index is -4.39. The van der Waals surface area contributed by atoms with Gasteiger partial charge in [-0.05, 0) is 42.0 Å². The molecule has 0 aliphatic carbocycles. The minimum Gasteiger partial charge on any atom is -0.484 e. The quantitative estimate of drug-likeness (QED) is 0.280. The van der Waals surface area contributed by atoms with Gasteiger partial charge in [-0.25, -0.2) is 16.2 Å². The normalized spacial score (nSPS) is 14.6. The lowest BCUT2D eigenvalue weighted by Crippen LogP contribution is -2.51. The van der Waals surface area contributed by atoms with E-state index in [0.29, 0.717) is 44.2 Å². The molecule has 1 heterocycles. The molecule has 13 heteroatoms. The van der Waals surface area contributed by atoms with Crippen LogP contribution in [0, 0.1) is 0 Å². The second-order valence-electron chi connectivity index (χ2n) is 7.59. The largest absolute Gasteiger partial charge is 0.484 e. The van der Waals surface area contributed by atoms with Gasteiger partial charge in [-0.3, -0.25) is 10.2 Å². The van der Waals surface area contributed by atoms with Gasteiger partial charge in [0.2, 0.25) is 0 Å². The number of benzene rings is 2. The number of piperazine rings is 1. The van der Waals surface area contributed by atoms with Crippen LogP contribution < -0.4 is 26.2 Å². The van der Waals surface area contributed by atoms with Crippen LogP contribution in [0.25, 0.3) is 0 Å². The third-order valence-corrected chi connectivity index (χ3v) is 4.91. The van der Waals surface area contributed by atoms with Crippen molar-refractivity contribution in [2.75, 3.05) is 32.8 Å². The molecule has 1 saturated heterocycles. The van der Waals surface area contributed by atoms with Gasteiger partial charge in [0.05, 0.1) is 0 Å². The average Bonchev–Trinajstić information content (AvgIpc) is 2.82. The molecule has 1 fully saturated rings. The fraction of sp³-hybridized carbons (Fsp3) is 0.318. The number of carbonyl (C=O) groups excluding carboxylic acids is 1. The molecule has 0 atom stereocenters. The number of urea groups is 1. The molecule has 2 amide bonds. The number of nitrogens with one attached hydrogen (secondary N) is 2. The third-order valence-electron chi connectivity index (χ3n) is 4.91. The number of ether oxygens (including phenoxy) is 2. The monoisotopic (exact) mass is 493 g/mol. The van der Waals surface area contributed by atoms with Gasteiger partial charge in [0.25, 0.3) is 0 Å². The highest BCUT2D eigenvalue weighted by Crippen LogP contribution is 2.26. The molecule has 35 heavy (non-hydrogen) atoms. The van der Waals surface area contributed by atoms with Crippen molar-refractivity contribution in [2.45, 2.75) is 12.7 Å². The van der Waals surface area contributed by atoms with E-state index < -0.39 is 12.8 Å². The van der Waals surface area contributed by atoms with E-state index in [2.05, 4.69) is 27.1 Å². The Hall–Kier alpha value is -3.84. The molecule has 4 N–H and O–H groups in total. The molecule has 0 radical (unpaired) electrons. The lowest BCUT2D eigenvalue weighted by atomic mass is 10.2. The number of amides is 2. The van der Waals surface area contributed by atoms with Gasteiger partial charge in [-0.2, -0.15) is 13.2 Å². The number of nitrogens with zero attached hydrogens (tertiary/aromatic N) is 4. The number of rotatable bonds is 9. The SMILES string of the molecule is C=C(/N=N\NN)NC(=O)N1CCN(Cc2cccc(Oc3ccc(OCC(F)(F)F)cc3)c2)CC1. The number of hydrazine groups is 1. The highest BCUT2D eigenvalue weighted by atomic mass is 19.4. The molecule has 0 aromatic heterocycles. The third kappa shape index (κ3) is 8.79. The Balaban J connectivity index is 1.47. The summed E-state index contributed by atoms with van der Waals surface area (Å²) in [6.07, 6.45) is -4.39. The predicted octanol–water partition coefficient (Wildman–Crippen LogP) is 3.55. The first-order chi connectivity index (χ1) is 16.7. The zero-order chi connectivity index (χ0) is 25.3. The van der Waals surface area contributed by atoms with Gasteiger partial charge < -0.3 is 14.4 Å². The Morgan fingerprint density at radius 1 is 1.06 bits per heavy atom. The van der Waals surface area contributed by atoms with E-state index in [-0.39, 0.29) is 17.6 Å². The van der Waals surface area contributed by atoms with Gasteiger partial charge in [-0.1, -0.05) is 23.9 Å². The van der Waals surface area contributed by atoms with Crippen LogP contribution in [0.3, 0.4) is 0 Å². The minimum absolute atomic E-state index is 0.0793. The Kier molecular flexibility index (Phi) is 8.86. The number of halogens is 3. The number of alkyl halides is 3. The maximum Gasteiger partial charge on any atom is 0.422 e. The summed E-state index contributed by atoms with van der Waals surface area (Å²) in [4.78, 5) is 16.1. The molecule has 0 spiro atoms. The molecule has 0 saturated carbocycles. The van der Waals surface area contributed by atoms with Crippen LogP contribution in [-0.4, -0.2) is 54.8 Å². The van der Waals surface area contributed by atoms with Crippen molar-refractivity contribution in [3.8, 4) is 17.2 Å². The molecular formula is C22H26F3N7O3. The predicted molar refractivity (Wildman–Crippen MR) is 121 cm³/mol. The van der Waals surface area contributed by atoms with Crippen LogP contribution in [0.15, 0.2) is 71.3 Å². The lowest BCUT2D eigenvalue weighted by molar-refractivity contribution is -0.153. The molecule has 10 nitrogen and oxygen atoms in total. The zero-order valence-electron chi connectivity index (χ0n) is 18.8. The maximum atomic E-state index is 12.3. The van der Waals surface area contributed by atoms with Crippen LogP contribution in [-0.2, 0) is 6.54 Å². The van der Waals surface area contributed by atoms with Gasteiger partial charge >= 0.3 is 12.2 Å². The second kappa shape index (κ2) is 12.0. The average molecular weight is 493 g/mol. The first kappa shape index (κ1) is 25.8. The molecule has 2 aromatic rings. The summed E-state index contributed by atoms with van der Waals surface area (Å²) in [6, 6.07) is 13.2. The number of hydrogen-bond acceptors (Lipinski definition) is 7. The van der Waals surface area contributed by atoms with Gasteiger partial charge in [-0.15, -0.1) is 5.11 Å². The first-order valence-electron chi connectivity index (χ1n) is 10.6. The summed E-state index contributed by atoms with van der Waals surface area (Å²) in [7, 11) is 0. The van der Waals surface area contributed by atoms with E-state index in [1.54, 1.807) is 23.1 Å². The van der Waals surface area contributed by atoms with Crippen molar-refractivity contribution in [2.24, 2.45) is 16.2 Å². The second-order valence-corrected chi connectivity index (χ2v) is 7.59. The molecule has 0 bridgehead atoms. The molecule has 0 unspecified atom stereocenters. The summed E-state index contributed by atoms with van der Waals surface area (Å²) in [5.41, 5.74) is 3.01. The van der Waals surface area contributed by atoms with Crippen molar-refractivity contribution < 1.29 is 27.4 Å². The molecule has 1 aliphatic heterocycles. The van der Waals surface area contributed by atoms with E-state index in [1.165, 1.54) is 12.1 Å². The van der Waals surface area contributed by atoms with E-state index in [0.717, 1.165) is 5.56 Å². The maximum absolute atomic E-state index is 12.3. The smallest absolute Gasteiger partial charge is 0.422 e. The lowest BCUT2D eigenvalue weighted by Gasteiger charge is -2.34. The van der Waals surface area contributed by atoms with Crippen molar-refractivity contribution in [1.82, 2.24) is 20.7 Å². The Labute approximate surface area is 200 Å². The highest BCUT2D eigenvalue weighted by molar-refractivity contribution is 5.76. The van der Waals surface area contributed by atoms with Crippen molar-refractivity contribution in [3.05, 3.63) is 66.5 Å². The van der Waals surface area contributed by atoms with E-state index in [9.17, 15) is 18.0 Å². The molecular weight excluding hydrogens is 467 g/mol. The number of carbonyl (C=O) groups is 1. The van der Waals surface area contributed by atoms with Crippen molar-refractivity contribution in [3.63, 3.8) is 0 Å². The van der Waals surface area contributed by atoms with Gasteiger partial charge in [0.1, 0.15) is 17.2 Å². The fourth-order valence-corrected chi connectivity index (χ4v) is 3.30. The Bertz CT molecular complexity index is 1020. The van der Waals surface area contributed by atoms with Gasteiger partial charge in [0.15, 0.2) is 12.4 Å². The van der Waals surface area contributed by atoms with Crippen LogP contribution in [0.2, 0.25) is 0 Å². The van der Waals surface area contributed by atoms with Crippen LogP contribution in [0.4, 0.5) is 18.0 Å². The van der Waals surface area contributed by atoms with E-state index in [1.807, 2.05) is 23.7 Å². The standard InChI is InChI=1S/C22H26F3N7O3/c1-16(28-30-29-26)27-21(33)32-11-9-31(10-12-32)14-17-3-2-4-20(13-17)35-19-7-5-18(6-8-19)34-15-22(23,24)25/h2-8,13H,1,9-12,14-15H2,(H2,26,30)(H,27,33)(H,28,29). The number of nitrogens with two attached hydrogens (primary N) is 1.